The number of anilines is 2. The lowest BCUT2D eigenvalue weighted by Gasteiger charge is -2.11. The Morgan fingerprint density at radius 1 is 1.71 bits per heavy atom. The Labute approximate surface area is 82.3 Å². The van der Waals surface area contributed by atoms with Crippen LogP contribution in [0.5, 0.6) is 0 Å². The van der Waals surface area contributed by atoms with Crippen molar-refractivity contribution in [2.24, 2.45) is 5.92 Å². The standard InChI is InChI=1S/C9H13N5/c1-5(6-2-3-6)12-9-7(4-10)8(11)13-14-9/h5-6H,2-3H2,1H3,(H4,11,12,13,14). The third-order valence-corrected chi connectivity index (χ3v) is 2.60. The number of aromatic amines is 1. The molecule has 2 rings (SSSR count). The Bertz CT molecular complexity index is 371. The van der Waals surface area contributed by atoms with Gasteiger partial charge in [0.2, 0.25) is 0 Å². The van der Waals surface area contributed by atoms with Crippen LogP contribution in [0.15, 0.2) is 0 Å². The van der Waals surface area contributed by atoms with E-state index in [1.807, 2.05) is 6.07 Å². The van der Waals surface area contributed by atoms with E-state index in [4.69, 9.17) is 11.0 Å². The molecule has 0 amide bonds. The first-order chi connectivity index (χ1) is 6.72. The first-order valence-corrected chi connectivity index (χ1v) is 4.73. The minimum absolute atomic E-state index is 0.331. The molecule has 1 aliphatic carbocycles. The Balaban J connectivity index is 2.12. The molecular formula is C9H13N5. The fraction of sp³-hybridized carbons (Fsp3) is 0.556. The summed E-state index contributed by atoms with van der Waals surface area (Å²) >= 11 is 0. The first kappa shape index (κ1) is 8.88. The van der Waals surface area contributed by atoms with Crippen LogP contribution in [0.1, 0.15) is 25.3 Å². The van der Waals surface area contributed by atoms with E-state index in [-0.39, 0.29) is 0 Å². The quantitative estimate of drug-likeness (QED) is 0.666. The predicted molar refractivity (Wildman–Crippen MR) is 53.5 cm³/mol. The number of hydrogen-bond acceptors (Lipinski definition) is 4. The molecule has 5 heteroatoms. The highest BCUT2D eigenvalue weighted by Crippen LogP contribution is 2.34. The zero-order valence-electron chi connectivity index (χ0n) is 8.04. The van der Waals surface area contributed by atoms with Crippen LogP contribution < -0.4 is 11.1 Å². The van der Waals surface area contributed by atoms with Gasteiger partial charge in [0.1, 0.15) is 17.5 Å². The highest BCUT2D eigenvalue weighted by atomic mass is 15.2. The van der Waals surface area contributed by atoms with Gasteiger partial charge < -0.3 is 11.1 Å². The number of nitrogens with two attached hydrogens (primary N) is 1. The first-order valence-electron chi connectivity index (χ1n) is 4.73. The van der Waals surface area contributed by atoms with Gasteiger partial charge in [0.05, 0.1) is 0 Å². The number of nitrogen functional groups attached to an aromatic ring is 1. The van der Waals surface area contributed by atoms with Gasteiger partial charge in [-0.1, -0.05) is 0 Å². The maximum atomic E-state index is 8.83. The number of aromatic nitrogens is 2. The summed E-state index contributed by atoms with van der Waals surface area (Å²) in [6.07, 6.45) is 2.52. The third kappa shape index (κ3) is 1.51. The van der Waals surface area contributed by atoms with Gasteiger partial charge in [0.15, 0.2) is 5.82 Å². The van der Waals surface area contributed by atoms with Gasteiger partial charge in [-0.25, -0.2) is 0 Å². The molecule has 1 aromatic heterocycles. The second-order valence-corrected chi connectivity index (χ2v) is 3.74. The molecule has 1 atom stereocenters. The number of nitrogens with one attached hydrogen (secondary N) is 2. The summed E-state index contributed by atoms with van der Waals surface area (Å²) in [6, 6.07) is 2.39. The number of nitriles is 1. The average Bonchev–Trinajstić information content (AvgIpc) is 2.93. The van der Waals surface area contributed by atoms with E-state index in [1.54, 1.807) is 0 Å². The highest BCUT2D eigenvalue weighted by molar-refractivity contribution is 5.63. The van der Waals surface area contributed by atoms with Gasteiger partial charge in [-0.05, 0) is 25.7 Å². The summed E-state index contributed by atoms with van der Waals surface area (Å²) in [5, 5.41) is 18.6. The molecule has 1 heterocycles. The van der Waals surface area contributed by atoms with Gasteiger partial charge in [0.25, 0.3) is 0 Å². The van der Waals surface area contributed by atoms with Crippen molar-refractivity contribution in [3.8, 4) is 6.07 Å². The Morgan fingerprint density at radius 3 is 3.00 bits per heavy atom. The van der Waals surface area contributed by atoms with Crippen molar-refractivity contribution in [3.63, 3.8) is 0 Å². The van der Waals surface area contributed by atoms with Crippen molar-refractivity contribution in [1.29, 1.82) is 5.26 Å². The zero-order chi connectivity index (χ0) is 10.1. The molecule has 5 nitrogen and oxygen atoms in total. The Kier molecular flexibility index (Phi) is 2.04. The minimum Gasteiger partial charge on any atom is -0.383 e. The van der Waals surface area contributed by atoms with Crippen LogP contribution in [0.3, 0.4) is 0 Å². The van der Waals surface area contributed by atoms with E-state index in [9.17, 15) is 0 Å². The predicted octanol–water partition coefficient (Wildman–Crippen LogP) is 1.07. The summed E-state index contributed by atoms with van der Waals surface area (Å²) in [7, 11) is 0. The molecule has 0 radical (unpaired) electrons. The topological polar surface area (TPSA) is 90.5 Å². The maximum Gasteiger partial charge on any atom is 0.168 e. The van der Waals surface area contributed by atoms with E-state index in [2.05, 4.69) is 22.4 Å². The fourth-order valence-corrected chi connectivity index (χ4v) is 1.50. The lowest BCUT2D eigenvalue weighted by atomic mass is 10.2. The van der Waals surface area contributed by atoms with E-state index in [0.29, 0.717) is 23.2 Å². The summed E-state index contributed by atoms with van der Waals surface area (Å²) in [5.74, 6) is 1.63. The molecule has 1 aromatic rings. The van der Waals surface area contributed by atoms with Crippen LogP contribution in [0.25, 0.3) is 0 Å². The summed E-state index contributed by atoms with van der Waals surface area (Å²) in [5.41, 5.74) is 5.95. The van der Waals surface area contributed by atoms with Gasteiger partial charge in [-0.3, -0.25) is 5.10 Å². The smallest absolute Gasteiger partial charge is 0.168 e. The SMILES string of the molecule is CC(Nc1n[nH]c(N)c1C#N)C1CC1. The maximum absolute atomic E-state index is 8.83. The molecule has 0 aromatic carbocycles. The van der Waals surface area contributed by atoms with Gasteiger partial charge >= 0.3 is 0 Å². The summed E-state index contributed by atoms with van der Waals surface area (Å²) < 4.78 is 0. The fourth-order valence-electron chi connectivity index (χ4n) is 1.50. The molecule has 4 N–H and O–H groups in total. The molecule has 1 aliphatic rings. The van der Waals surface area contributed by atoms with Crippen LogP contribution in [-0.2, 0) is 0 Å². The number of nitrogens with zero attached hydrogens (tertiary/aromatic N) is 2. The molecule has 0 saturated heterocycles. The number of hydrogen-bond donors (Lipinski definition) is 3. The molecule has 0 spiro atoms. The van der Waals surface area contributed by atoms with Crippen molar-refractivity contribution in [2.45, 2.75) is 25.8 Å². The van der Waals surface area contributed by atoms with Crippen LogP contribution in [0, 0.1) is 17.2 Å². The van der Waals surface area contributed by atoms with Crippen LogP contribution in [0.4, 0.5) is 11.6 Å². The van der Waals surface area contributed by atoms with Gasteiger partial charge in [0, 0.05) is 6.04 Å². The summed E-state index contributed by atoms with van der Waals surface area (Å²) in [6.45, 7) is 2.10. The largest absolute Gasteiger partial charge is 0.383 e. The number of rotatable bonds is 3. The van der Waals surface area contributed by atoms with Gasteiger partial charge in [-0.2, -0.15) is 10.4 Å². The van der Waals surface area contributed by atoms with E-state index < -0.39 is 0 Å². The summed E-state index contributed by atoms with van der Waals surface area (Å²) in [4.78, 5) is 0. The van der Waals surface area contributed by atoms with Crippen molar-refractivity contribution >= 4 is 11.6 Å². The second kappa shape index (κ2) is 3.22. The molecule has 0 aliphatic heterocycles. The minimum atomic E-state index is 0.331. The monoisotopic (exact) mass is 191 g/mol. The van der Waals surface area contributed by atoms with Crippen molar-refractivity contribution in [2.75, 3.05) is 11.1 Å². The Morgan fingerprint density at radius 2 is 2.43 bits per heavy atom. The second-order valence-electron chi connectivity index (χ2n) is 3.74. The van der Waals surface area contributed by atoms with Crippen LogP contribution >= 0.6 is 0 Å². The van der Waals surface area contributed by atoms with E-state index in [0.717, 1.165) is 5.92 Å². The Hall–Kier alpha value is -1.70. The molecule has 1 fully saturated rings. The van der Waals surface area contributed by atoms with Crippen molar-refractivity contribution in [3.05, 3.63) is 5.56 Å². The van der Waals surface area contributed by atoms with Crippen LogP contribution in [0.2, 0.25) is 0 Å². The molecule has 1 unspecified atom stereocenters. The third-order valence-electron chi connectivity index (χ3n) is 2.60. The molecule has 74 valence electrons. The highest BCUT2D eigenvalue weighted by Gasteiger charge is 2.28. The lowest BCUT2D eigenvalue weighted by Crippen LogP contribution is -2.18. The van der Waals surface area contributed by atoms with E-state index >= 15 is 0 Å². The zero-order valence-corrected chi connectivity index (χ0v) is 8.04. The van der Waals surface area contributed by atoms with Crippen molar-refractivity contribution < 1.29 is 0 Å². The number of H-pyrrole nitrogens is 1. The normalized spacial score (nSPS) is 17.4. The van der Waals surface area contributed by atoms with Gasteiger partial charge in [-0.15, -0.1) is 0 Å². The van der Waals surface area contributed by atoms with E-state index in [1.165, 1.54) is 12.8 Å². The average molecular weight is 191 g/mol. The molecule has 0 bridgehead atoms. The van der Waals surface area contributed by atoms with Crippen molar-refractivity contribution in [1.82, 2.24) is 10.2 Å². The van der Waals surface area contributed by atoms with Crippen LogP contribution in [-0.4, -0.2) is 16.2 Å². The molecular weight excluding hydrogens is 178 g/mol. The lowest BCUT2D eigenvalue weighted by molar-refractivity contribution is 0.690. The molecule has 14 heavy (non-hydrogen) atoms. The molecule has 1 saturated carbocycles.